The van der Waals surface area contributed by atoms with E-state index < -0.39 is 0 Å². The first-order chi connectivity index (χ1) is 9.24. The minimum atomic E-state index is 0.148. The van der Waals surface area contributed by atoms with E-state index in [-0.39, 0.29) is 11.9 Å². The molecule has 5 heteroatoms. The third-order valence-electron chi connectivity index (χ3n) is 3.69. The number of imidazole rings is 1. The molecule has 2 heterocycles. The standard InChI is InChI=1S/C14H24N4O/c1-12(10-18-9-8-16-11-18)17-14(19)3-2-13-4-6-15-7-5-13/h8-9,11-13,15H,2-7,10H2,1H3,(H,17,19). The van der Waals surface area contributed by atoms with Crippen molar-refractivity contribution >= 4 is 5.91 Å². The summed E-state index contributed by atoms with van der Waals surface area (Å²) in [5.74, 6) is 0.891. The number of carbonyl (C=O) groups excluding carboxylic acids is 1. The molecule has 1 aliphatic heterocycles. The molecular formula is C14H24N4O. The Morgan fingerprint density at radius 3 is 3.00 bits per heavy atom. The van der Waals surface area contributed by atoms with Crippen LogP contribution < -0.4 is 10.6 Å². The summed E-state index contributed by atoms with van der Waals surface area (Å²) in [5, 5.41) is 6.40. The average molecular weight is 264 g/mol. The SMILES string of the molecule is CC(Cn1ccnc1)NC(=O)CCC1CCNCC1. The predicted molar refractivity (Wildman–Crippen MR) is 74.7 cm³/mol. The zero-order valence-corrected chi connectivity index (χ0v) is 11.6. The number of hydrogen-bond donors (Lipinski definition) is 2. The maximum Gasteiger partial charge on any atom is 0.220 e. The highest BCUT2D eigenvalue weighted by molar-refractivity contribution is 5.76. The molecule has 0 radical (unpaired) electrons. The van der Waals surface area contributed by atoms with Crippen LogP contribution in [-0.2, 0) is 11.3 Å². The van der Waals surface area contributed by atoms with E-state index in [1.54, 1.807) is 12.5 Å². The Morgan fingerprint density at radius 2 is 2.32 bits per heavy atom. The largest absolute Gasteiger partial charge is 0.352 e. The van der Waals surface area contributed by atoms with E-state index >= 15 is 0 Å². The molecule has 5 nitrogen and oxygen atoms in total. The molecule has 0 bridgehead atoms. The molecule has 2 rings (SSSR count). The van der Waals surface area contributed by atoms with Gasteiger partial charge in [-0.1, -0.05) is 0 Å². The van der Waals surface area contributed by atoms with Crippen molar-refractivity contribution in [2.75, 3.05) is 13.1 Å². The number of hydrogen-bond acceptors (Lipinski definition) is 3. The van der Waals surface area contributed by atoms with Crippen molar-refractivity contribution in [2.45, 2.75) is 45.2 Å². The van der Waals surface area contributed by atoms with Gasteiger partial charge >= 0.3 is 0 Å². The van der Waals surface area contributed by atoms with Crippen LogP contribution in [0, 0.1) is 5.92 Å². The molecule has 0 spiro atoms. The Bertz CT molecular complexity index is 371. The lowest BCUT2D eigenvalue weighted by molar-refractivity contribution is -0.122. The lowest BCUT2D eigenvalue weighted by atomic mass is 9.93. The van der Waals surface area contributed by atoms with Gasteiger partial charge in [0, 0.05) is 31.4 Å². The second-order valence-electron chi connectivity index (χ2n) is 5.46. The highest BCUT2D eigenvalue weighted by atomic mass is 16.1. The van der Waals surface area contributed by atoms with Crippen molar-refractivity contribution in [1.82, 2.24) is 20.2 Å². The van der Waals surface area contributed by atoms with E-state index in [0.717, 1.165) is 32.0 Å². The highest BCUT2D eigenvalue weighted by Crippen LogP contribution is 2.17. The van der Waals surface area contributed by atoms with Crippen LogP contribution in [-0.4, -0.2) is 34.6 Å². The third-order valence-corrected chi connectivity index (χ3v) is 3.69. The zero-order valence-electron chi connectivity index (χ0n) is 11.6. The van der Waals surface area contributed by atoms with Crippen LogP contribution in [0.1, 0.15) is 32.6 Å². The van der Waals surface area contributed by atoms with Crippen molar-refractivity contribution in [1.29, 1.82) is 0 Å². The molecule has 106 valence electrons. The summed E-state index contributed by atoms with van der Waals surface area (Å²) in [4.78, 5) is 15.9. The van der Waals surface area contributed by atoms with Crippen molar-refractivity contribution in [3.05, 3.63) is 18.7 Å². The molecule has 2 N–H and O–H groups in total. The summed E-state index contributed by atoms with van der Waals surface area (Å²) in [7, 11) is 0. The van der Waals surface area contributed by atoms with E-state index in [2.05, 4.69) is 15.6 Å². The molecule has 1 unspecified atom stereocenters. The maximum absolute atomic E-state index is 11.9. The number of amides is 1. The van der Waals surface area contributed by atoms with Crippen LogP contribution in [0.25, 0.3) is 0 Å². The molecular weight excluding hydrogens is 240 g/mol. The summed E-state index contributed by atoms with van der Waals surface area (Å²) >= 11 is 0. The first-order valence-electron chi connectivity index (χ1n) is 7.20. The molecule has 1 fully saturated rings. The fourth-order valence-electron chi connectivity index (χ4n) is 2.61. The lowest BCUT2D eigenvalue weighted by Gasteiger charge is -2.22. The number of nitrogens with one attached hydrogen (secondary N) is 2. The summed E-state index contributed by atoms with van der Waals surface area (Å²) < 4.78 is 1.98. The summed E-state index contributed by atoms with van der Waals surface area (Å²) in [6, 6.07) is 0.148. The maximum atomic E-state index is 11.9. The van der Waals surface area contributed by atoms with Gasteiger partial charge in [0.05, 0.1) is 6.33 Å². The minimum Gasteiger partial charge on any atom is -0.352 e. The van der Waals surface area contributed by atoms with Gasteiger partial charge in [-0.15, -0.1) is 0 Å². The number of aromatic nitrogens is 2. The molecule has 1 aliphatic rings. The molecule has 1 aromatic heterocycles. The normalized spacial score (nSPS) is 18.2. The van der Waals surface area contributed by atoms with Crippen LogP contribution in [0.2, 0.25) is 0 Å². The van der Waals surface area contributed by atoms with E-state index in [4.69, 9.17) is 0 Å². The van der Waals surface area contributed by atoms with Crippen molar-refractivity contribution in [2.24, 2.45) is 5.92 Å². The Morgan fingerprint density at radius 1 is 1.53 bits per heavy atom. The van der Waals surface area contributed by atoms with Gasteiger partial charge in [-0.05, 0) is 45.2 Å². The summed E-state index contributed by atoms with van der Waals surface area (Å²) in [6.45, 7) is 5.01. The van der Waals surface area contributed by atoms with Gasteiger partial charge in [0.15, 0.2) is 0 Å². The molecule has 19 heavy (non-hydrogen) atoms. The van der Waals surface area contributed by atoms with Crippen molar-refractivity contribution in [3.8, 4) is 0 Å². The Hall–Kier alpha value is -1.36. The van der Waals surface area contributed by atoms with Gasteiger partial charge in [0.1, 0.15) is 0 Å². The van der Waals surface area contributed by atoms with E-state index in [0.29, 0.717) is 6.42 Å². The highest BCUT2D eigenvalue weighted by Gasteiger charge is 2.15. The second kappa shape index (κ2) is 7.28. The second-order valence-corrected chi connectivity index (χ2v) is 5.46. The van der Waals surface area contributed by atoms with Gasteiger partial charge in [0.25, 0.3) is 0 Å². The third kappa shape index (κ3) is 5.03. The van der Waals surface area contributed by atoms with Gasteiger partial charge < -0.3 is 15.2 Å². The topological polar surface area (TPSA) is 59.0 Å². The zero-order chi connectivity index (χ0) is 13.5. The van der Waals surface area contributed by atoms with E-state index in [9.17, 15) is 4.79 Å². The quantitative estimate of drug-likeness (QED) is 0.811. The predicted octanol–water partition coefficient (Wildman–Crippen LogP) is 1.17. The van der Waals surface area contributed by atoms with Crippen LogP contribution in [0.3, 0.4) is 0 Å². The first kappa shape index (κ1) is 14.1. The Kier molecular flexibility index (Phi) is 5.39. The fraction of sp³-hybridized carbons (Fsp3) is 0.714. The van der Waals surface area contributed by atoms with Gasteiger partial charge in [-0.3, -0.25) is 4.79 Å². The molecule has 1 amide bonds. The smallest absolute Gasteiger partial charge is 0.220 e. The lowest BCUT2D eigenvalue weighted by Crippen LogP contribution is -2.36. The molecule has 1 atom stereocenters. The molecule has 0 aromatic carbocycles. The Balaban J connectivity index is 1.63. The van der Waals surface area contributed by atoms with Gasteiger partial charge in [0.2, 0.25) is 5.91 Å². The monoisotopic (exact) mass is 264 g/mol. The van der Waals surface area contributed by atoms with Crippen LogP contribution >= 0.6 is 0 Å². The van der Waals surface area contributed by atoms with Crippen LogP contribution in [0.4, 0.5) is 0 Å². The Labute approximate surface area is 114 Å². The summed E-state index contributed by atoms with van der Waals surface area (Å²) in [5.41, 5.74) is 0. The minimum absolute atomic E-state index is 0.148. The molecule has 0 saturated carbocycles. The van der Waals surface area contributed by atoms with E-state index in [1.807, 2.05) is 17.7 Å². The number of carbonyl (C=O) groups is 1. The summed E-state index contributed by atoms with van der Waals surface area (Å²) in [6.07, 6.45) is 9.53. The molecule has 0 aliphatic carbocycles. The van der Waals surface area contributed by atoms with E-state index in [1.165, 1.54) is 12.8 Å². The molecule has 1 saturated heterocycles. The van der Waals surface area contributed by atoms with Crippen molar-refractivity contribution < 1.29 is 4.79 Å². The first-order valence-corrected chi connectivity index (χ1v) is 7.20. The fourth-order valence-corrected chi connectivity index (χ4v) is 2.61. The van der Waals surface area contributed by atoms with Gasteiger partial charge in [-0.2, -0.15) is 0 Å². The number of rotatable bonds is 6. The number of piperidine rings is 1. The van der Waals surface area contributed by atoms with Gasteiger partial charge in [-0.25, -0.2) is 4.98 Å². The van der Waals surface area contributed by atoms with Crippen LogP contribution in [0.5, 0.6) is 0 Å². The van der Waals surface area contributed by atoms with Crippen LogP contribution in [0.15, 0.2) is 18.7 Å². The average Bonchev–Trinajstić information content (AvgIpc) is 2.90. The molecule has 1 aromatic rings. The van der Waals surface area contributed by atoms with Crippen molar-refractivity contribution in [3.63, 3.8) is 0 Å². The number of nitrogens with zero attached hydrogens (tertiary/aromatic N) is 2.